The molecule has 50 heavy (non-hydrogen) atoms. The number of ether oxygens (including phenoxy) is 2. The molecule has 0 aromatic heterocycles. The molecule has 6 rings (SSSR count). The van der Waals surface area contributed by atoms with Crippen molar-refractivity contribution < 1.29 is 39.0 Å². The molecule has 3 saturated heterocycles. The molecule has 2 aromatic carbocycles. The summed E-state index contributed by atoms with van der Waals surface area (Å²) in [5.41, 5.74) is -10.7. The molecule has 1 saturated carbocycles. The molecule has 22 heteroatoms. The van der Waals surface area contributed by atoms with Gasteiger partial charge in [-0.1, -0.05) is 12.2 Å². The molecular formula is C28H28N8O14. The fourth-order valence-corrected chi connectivity index (χ4v) is 7.44. The van der Waals surface area contributed by atoms with Crippen molar-refractivity contribution in [3.63, 3.8) is 0 Å². The van der Waals surface area contributed by atoms with E-state index in [1.807, 2.05) is 0 Å². The monoisotopic (exact) mass is 700 g/mol. The van der Waals surface area contributed by atoms with Crippen LogP contribution in [0.4, 0.5) is 34.1 Å². The van der Waals surface area contributed by atoms with Gasteiger partial charge < -0.3 is 14.8 Å². The third-order valence-corrected chi connectivity index (χ3v) is 9.36. The number of nitrogens with one attached hydrogen (secondary N) is 2. The van der Waals surface area contributed by atoms with Crippen molar-refractivity contribution in [1.29, 1.82) is 0 Å². The van der Waals surface area contributed by atoms with E-state index in [1.165, 1.54) is 6.08 Å². The number of rotatable bonds is 14. The Kier molecular flexibility index (Phi) is 9.17. The van der Waals surface area contributed by atoms with Crippen molar-refractivity contribution in [2.45, 2.75) is 68.0 Å². The third kappa shape index (κ3) is 5.68. The minimum absolute atomic E-state index is 0.00115. The van der Waals surface area contributed by atoms with Gasteiger partial charge >= 0.3 is 22.7 Å². The van der Waals surface area contributed by atoms with E-state index in [-0.39, 0.29) is 32.1 Å². The summed E-state index contributed by atoms with van der Waals surface area (Å²) in [6, 6.07) is -0.0807. The van der Waals surface area contributed by atoms with E-state index < -0.39 is 111 Å². The van der Waals surface area contributed by atoms with Crippen molar-refractivity contribution in [2.75, 3.05) is 0 Å². The molecule has 6 unspecified atom stereocenters. The van der Waals surface area contributed by atoms with Gasteiger partial charge in [-0.3, -0.25) is 66.0 Å². The lowest BCUT2D eigenvalue weighted by Crippen LogP contribution is -2.88. The molecule has 2 bridgehead atoms. The average molecular weight is 701 g/mol. The zero-order valence-corrected chi connectivity index (χ0v) is 25.8. The first-order valence-corrected chi connectivity index (χ1v) is 15.0. The van der Waals surface area contributed by atoms with Crippen LogP contribution in [-0.4, -0.2) is 59.0 Å². The Morgan fingerprint density at radius 3 is 1.56 bits per heavy atom. The summed E-state index contributed by atoms with van der Waals surface area (Å²) in [7, 11) is 0. The quantitative estimate of drug-likeness (QED) is 0.153. The van der Waals surface area contributed by atoms with Crippen molar-refractivity contribution in [1.82, 2.24) is 10.6 Å². The normalized spacial score (nSPS) is 26.6. The van der Waals surface area contributed by atoms with E-state index in [0.29, 0.717) is 30.7 Å². The molecule has 22 nitrogen and oxygen atoms in total. The molecule has 3 aliphatic heterocycles. The molecule has 2 N–H and O–H groups in total. The van der Waals surface area contributed by atoms with Gasteiger partial charge in [-0.05, 0) is 38.5 Å². The predicted octanol–water partition coefficient (Wildman–Crippen LogP) is 4.68. The number of nitrogens with zero attached hydrogens (tertiary/aromatic N) is 6. The average Bonchev–Trinajstić information content (AvgIpc) is 3.05. The molecule has 1 aliphatic carbocycles. The minimum atomic E-state index is -2.12. The Labute approximate surface area is 279 Å². The number of nitro groups is 6. The van der Waals surface area contributed by atoms with Crippen LogP contribution in [0.2, 0.25) is 0 Å². The molecule has 0 radical (unpaired) electrons. The van der Waals surface area contributed by atoms with Gasteiger partial charge in [0, 0.05) is 18.0 Å². The van der Waals surface area contributed by atoms with E-state index in [4.69, 9.17) is 9.47 Å². The number of hydrogen-bond donors (Lipinski definition) is 2. The van der Waals surface area contributed by atoms with Crippen LogP contribution in [0.15, 0.2) is 49.6 Å². The molecular weight excluding hydrogens is 672 g/mol. The van der Waals surface area contributed by atoms with Crippen molar-refractivity contribution in [3.8, 4) is 11.5 Å². The van der Waals surface area contributed by atoms with Gasteiger partial charge in [0.1, 0.15) is 0 Å². The maximum Gasteiger partial charge on any atom is 0.325 e. The first-order valence-electron chi connectivity index (χ1n) is 15.0. The Morgan fingerprint density at radius 1 is 0.680 bits per heavy atom. The van der Waals surface area contributed by atoms with Gasteiger partial charge in [0.05, 0.1) is 59.8 Å². The van der Waals surface area contributed by atoms with Crippen LogP contribution in [0.3, 0.4) is 0 Å². The largest absolute Gasteiger partial charge is 0.468 e. The summed E-state index contributed by atoms with van der Waals surface area (Å²) in [6.45, 7) is 7.49. The van der Waals surface area contributed by atoms with Gasteiger partial charge in [-0.15, -0.1) is 13.2 Å². The first kappa shape index (κ1) is 35.2. The second-order valence-corrected chi connectivity index (χ2v) is 11.9. The summed E-state index contributed by atoms with van der Waals surface area (Å²) >= 11 is 0. The van der Waals surface area contributed by atoms with Gasteiger partial charge in [-0.25, -0.2) is 0 Å². The fourth-order valence-electron chi connectivity index (χ4n) is 7.44. The maximum absolute atomic E-state index is 12.3. The lowest BCUT2D eigenvalue weighted by Gasteiger charge is -2.67. The SMILES string of the molecule is C=CCC1CCC2C3CCC(Oc4c([N+](=O)[O-])cc([N+](=O)[O-])cc4[N+](=O)[O-])(C(CC=C)N3)C2(Oc2c([N+](=O)[O-])cc([N+](=O)[O-])cc2[N+](=O)[O-])N1. The van der Waals surface area contributed by atoms with Crippen LogP contribution in [0.1, 0.15) is 38.5 Å². The summed E-state index contributed by atoms with van der Waals surface area (Å²) in [5, 5.41) is 79.2. The van der Waals surface area contributed by atoms with E-state index >= 15 is 0 Å². The van der Waals surface area contributed by atoms with E-state index in [1.54, 1.807) is 6.08 Å². The lowest BCUT2D eigenvalue weighted by atomic mass is 9.57. The zero-order chi connectivity index (χ0) is 36.7. The van der Waals surface area contributed by atoms with E-state index in [2.05, 4.69) is 23.8 Å². The van der Waals surface area contributed by atoms with Crippen LogP contribution in [0.5, 0.6) is 11.5 Å². The number of hydrogen-bond acceptors (Lipinski definition) is 16. The third-order valence-electron chi connectivity index (χ3n) is 9.36. The summed E-state index contributed by atoms with van der Waals surface area (Å²) < 4.78 is 13.0. The Morgan fingerprint density at radius 2 is 1.14 bits per heavy atom. The summed E-state index contributed by atoms with van der Waals surface area (Å²) in [5.74, 6) is -2.78. The molecule has 0 amide bonds. The van der Waals surface area contributed by atoms with Gasteiger partial charge in [0.25, 0.3) is 22.9 Å². The Bertz CT molecular complexity index is 1780. The predicted molar refractivity (Wildman–Crippen MR) is 169 cm³/mol. The van der Waals surface area contributed by atoms with Crippen LogP contribution < -0.4 is 20.1 Å². The molecule has 3 heterocycles. The maximum atomic E-state index is 12.3. The number of non-ortho nitro benzene ring substituents is 2. The molecule has 4 aliphatic rings. The zero-order valence-electron chi connectivity index (χ0n) is 25.8. The highest BCUT2D eigenvalue weighted by molar-refractivity contribution is 5.67. The molecule has 4 fully saturated rings. The molecule has 2 aromatic rings. The van der Waals surface area contributed by atoms with Crippen LogP contribution in [-0.2, 0) is 0 Å². The smallest absolute Gasteiger partial charge is 0.325 e. The van der Waals surface area contributed by atoms with Crippen molar-refractivity contribution >= 4 is 34.1 Å². The topological polar surface area (TPSA) is 301 Å². The Balaban J connectivity index is 1.87. The van der Waals surface area contributed by atoms with E-state index in [9.17, 15) is 60.7 Å². The highest BCUT2D eigenvalue weighted by Gasteiger charge is 2.73. The second kappa shape index (κ2) is 13.0. The molecule has 6 atom stereocenters. The van der Waals surface area contributed by atoms with Gasteiger partial charge in [0.15, 0.2) is 5.60 Å². The van der Waals surface area contributed by atoms with Crippen molar-refractivity contribution in [3.05, 3.63) is 110 Å². The van der Waals surface area contributed by atoms with Crippen LogP contribution >= 0.6 is 0 Å². The summed E-state index contributed by atoms with van der Waals surface area (Å²) in [6.07, 6.45) is 4.10. The number of nitro benzene ring substituents is 6. The first-order chi connectivity index (χ1) is 23.6. The number of benzene rings is 2. The minimum Gasteiger partial charge on any atom is -0.468 e. The molecule has 0 spiro atoms. The highest BCUT2D eigenvalue weighted by Crippen LogP contribution is 2.58. The van der Waals surface area contributed by atoms with Crippen molar-refractivity contribution in [2.24, 2.45) is 5.92 Å². The standard InChI is InChI=1S/C28H28N8O14/c1-3-5-15-7-8-18-19-9-10-27(24(29-19)6-4-2,49-25-20(33(41)42)11-16(31(37)38)12-21(25)34(43)44)28(18,30-15)50-26-22(35(45)46)13-17(32(39)40)14-23(26)36(47)48/h3-4,11-15,18-19,24,29-30H,1-2,5-10H2. The Hall–Kier alpha value is -6.16. The summed E-state index contributed by atoms with van der Waals surface area (Å²) in [4.78, 5) is 66.0. The second-order valence-electron chi connectivity index (χ2n) is 11.9. The van der Waals surface area contributed by atoms with E-state index in [0.717, 1.165) is 0 Å². The fraction of sp³-hybridized carbons (Fsp3) is 0.429. The molecule has 264 valence electrons. The lowest BCUT2D eigenvalue weighted by molar-refractivity contribution is -0.408. The van der Waals surface area contributed by atoms with Crippen LogP contribution in [0, 0.1) is 66.6 Å². The van der Waals surface area contributed by atoms with Crippen LogP contribution in [0.25, 0.3) is 0 Å². The van der Waals surface area contributed by atoms with Gasteiger partial charge in [-0.2, -0.15) is 0 Å². The number of piperidine rings is 3. The van der Waals surface area contributed by atoms with Gasteiger partial charge in [0.2, 0.25) is 5.72 Å². The highest BCUT2D eigenvalue weighted by atomic mass is 16.7. The number of fused-ring (bicyclic) bond motifs is 2.